The molecule has 1 rings (SSSR count). The van der Waals surface area contributed by atoms with E-state index in [0.717, 1.165) is 11.0 Å². The minimum absolute atomic E-state index is 0.167. The summed E-state index contributed by atoms with van der Waals surface area (Å²) in [6.07, 6.45) is 1.73. The second-order valence-corrected chi connectivity index (χ2v) is 6.77. The first-order valence-corrected chi connectivity index (χ1v) is 6.93. The van der Waals surface area contributed by atoms with Crippen LogP contribution in [0.25, 0.3) is 0 Å². The van der Waals surface area contributed by atoms with Gasteiger partial charge in [-0.3, -0.25) is 0 Å². The number of hydrogen-bond donors (Lipinski definition) is 1. The highest BCUT2D eigenvalue weighted by Crippen LogP contribution is 2.31. The number of carbonyl (C=O) groups is 1. The summed E-state index contributed by atoms with van der Waals surface area (Å²) in [5, 5.41) is 18.2. The topological polar surface area (TPSA) is 68.0 Å². The van der Waals surface area contributed by atoms with Crippen LogP contribution in [0.2, 0.25) is 0 Å². The summed E-state index contributed by atoms with van der Waals surface area (Å²) in [6, 6.07) is -0.718. The maximum atomic E-state index is 11.4. The van der Waals surface area contributed by atoms with E-state index in [4.69, 9.17) is 0 Å². The summed E-state index contributed by atoms with van der Waals surface area (Å²) in [5.41, 5.74) is 0.198. The van der Waals surface area contributed by atoms with Crippen molar-refractivity contribution >= 4 is 21.9 Å². The van der Waals surface area contributed by atoms with Gasteiger partial charge in [-0.05, 0) is 5.41 Å². The lowest BCUT2D eigenvalue weighted by Gasteiger charge is -2.26. The number of halogens is 1. The van der Waals surface area contributed by atoms with E-state index >= 15 is 0 Å². The van der Waals surface area contributed by atoms with Gasteiger partial charge in [-0.2, -0.15) is 0 Å². The maximum absolute atomic E-state index is 11.4. The Labute approximate surface area is 116 Å². The molecule has 1 heterocycles. The van der Waals surface area contributed by atoms with Gasteiger partial charge in [0.25, 0.3) is 0 Å². The molecular formula is C12H20BrN3O2. The van der Waals surface area contributed by atoms with E-state index < -0.39 is 17.4 Å². The van der Waals surface area contributed by atoms with Crippen LogP contribution in [0.15, 0.2) is 6.20 Å². The Balaban J connectivity index is 3.15. The van der Waals surface area contributed by atoms with Crippen molar-refractivity contribution in [3.63, 3.8) is 0 Å². The Morgan fingerprint density at radius 1 is 1.44 bits per heavy atom. The lowest BCUT2D eigenvalue weighted by molar-refractivity contribution is -0.144. The van der Waals surface area contributed by atoms with Gasteiger partial charge in [0.05, 0.1) is 11.9 Å². The van der Waals surface area contributed by atoms with Crippen molar-refractivity contribution in [2.75, 3.05) is 5.33 Å². The summed E-state index contributed by atoms with van der Waals surface area (Å²) in [5.74, 6) is -0.893. The number of hydrogen-bond acceptors (Lipinski definition) is 3. The van der Waals surface area contributed by atoms with Crippen LogP contribution < -0.4 is 0 Å². The van der Waals surface area contributed by atoms with Gasteiger partial charge in [0.2, 0.25) is 0 Å². The van der Waals surface area contributed by atoms with Crippen molar-refractivity contribution in [2.24, 2.45) is 5.41 Å². The molecule has 0 amide bonds. The highest BCUT2D eigenvalue weighted by molar-refractivity contribution is 9.09. The average molecular weight is 318 g/mol. The lowest BCUT2D eigenvalue weighted by atomic mass is 9.86. The molecular weight excluding hydrogens is 298 g/mol. The molecule has 0 unspecified atom stereocenters. The van der Waals surface area contributed by atoms with Gasteiger partial charge in [0.1, 0.15) is 0 Å². The first kappa shape index (κ1) is 15.1. The molecule has 18 heavy (non-hydrogen) atoms. The molecule has 0 bridgehead atoms. The van der Waals surface area contributed by atoms with Gasteiger partial charge in [-0.1, -0.05) is 55.8 Å². The van der Waals surface area contributed by atoms with Gasteiger partial charge in [-0.15, -0.1) is 5.10 Å². The third kappa shape index (κ3) is 3.10. The van der Waals surface area contributed by atoms with Gasteiger partial charge < -0.3 is 5.11 Å². The van der Waals surface area contributed by atoms with Gasteiger partial charge in [0.15, 0.2) is 6.04 Å². The fourth-order valence-electron chi connectivity index (χ4n) is 1.66. The average Bonchev–Trinajstić information content (AvgIpc) is 2.64. The van der Waals surface area contributed by atoms with Gasteiger partial charge in [0, 0.05) is 10.7 Å². The molecule has 0 spiro atoms. The fraction of sp³-hybridized carbons (Fsp3) is 0.750. The number of carboxylic acid groups (broad SMARTS) is 1. The SMILES string of the molecule is CC(C)(CBr)c1cn([C@H](C(=O)O)C(C)(C)C)nn1. The van der Waals surface area contributed by atoms with Gasteiger partial charge in [-0.25, -0.2) is 9.48 Å². The Morgan fingerprint density at radius 2 is 2.00 bits per heavy atom. The van der Waals surface area contributed by atoms with Crippen LogP contribution >= 0.6 is 15.9 Å². The summed E-state index contributed by atoms with van der Waals surface area (Å²) < 4.78 is 1.45. The number of rotatable bonds is 4. The summed E-state index contributed by atoms with van der Waals surface area (Å²) >= 11 is 3.43. The summed E-state index contributed by atoms with van der Waals surface area (Å²) in [6.45, 7) is 9.69. The Hall–Kier alpha value is -0.910. The number of alkyl halides is 1. The fourth-order valence-corrected chi connectivity index (χ4v) is 1.95. The Morgan fingerprint density at radius 3 is 2.39 bits per heavy atom. The Kier molecular flexibility index (Phi) is 4.20. The zero-order valence-corrected chi connectivity index (χ0v) is 13.0. The van der Waals surface area contributed by atoms with Crippen molar-refractivity contribution in [1.82, 2.24) is 15.0 Å². The molecule has 102 valence electrons. The molecule has 0 saturated carbocycles. The van der Waals surface area contributed by atoms with Crippen LogP contribution in [0, 0.1) is 5.41 Å². The standard InChI is InChI=1S/C12H20BrN3O2/c1-11(2,3)9(10(17)18)16-6-8(14-15-16)12(4,5)7-13/h6,9H,7H2,1-5H3,(H,17,18)/t9-/m1/s1. The molecule has 0 aliphatic heterocycles. The maximum Gasteiger partial charge on any atom is 0.329 e. The highest BCUT2D eigenvalue weighted by atomic mass is 79.9. The highest BCUT2D eigenvalue weighted by Gasteiger charge is 2.35. The predicted octanol–water partition coefficient (Wildman–Crippen LogP) is 2.62. The van der Waals surface area contributed by atoms with E-state index in [1.54, 1.807) is 6.20 Å². The quantitative estimate of drug-likeness (QED) is 0.867. The number of carboxylic acids is 1. The van der Waals surface area contributed by atoms with Crippen LogP contribution in [0.3, 0.4) is 0 Å². The van der Waals surface area contributed by atoms with Crippen LogP contribution in [-0.4, -0.2) is 31.4 Å². The van der Waals surface area contributed by atoms with E-state index in [2.05, 4.69) is 26.2 Å². The second kappa shape index (κ2) is 4.99. The largest absolute Gasteiger partial charge is 0.480 e. The smallest absolute Gasteiger partial charge is 0.329 e. The van der Waals surface area contributed by atoms with Crippen molar-refractivity contribution < 1.29 is 9.90 Å². The van der Waals surface area contributed by atoms with Crippen molar-refractivity contribution in [3.05, 3.63) is 11.9 Å². The van der Waals surface area contributed by atoms with Crippen molar-refractivity contribution in [1.29, 1.82) is 0 Å². The monoisotopic (exact) mass is 317 g/mol. The molecule has 0 fully saturated rings. The molecule has 0 aliphatic rings. The minimum Gasteiger partial charge on any atom is -0.480 e. The molecule has 0 aromatic carbocycles. The molecule has 0 aliphatic carbocycles. The molecule has 1 aromatic heterocycles. The number of aliphatic carboxylic acids is 1. The Bertz CT molecular complexity index is 435. The molecule has 5 nitrogen and oxygen atoms in total. The molecule has 0 saturated heterocycles. The number of aromatic nitrogens is 3. The van der Waals surface area contributed by atoms with Crippen LogP contribution in [-0.2, 0) is 10.2 Å². The molecule has 6 heteroatoms. The van der Waals surface area contributed by atoms with Crippen LogP contribution in [0.4, 0.5) is 0 Å². The van der Waals surface area contributed by atoms with E-state index in [0.29, 0.717) is 0 Å². The van der Waals surface area contributed by atoms with Crippen molar-refractivity contribution in [3.8, 4) is 0 Å². The zero-order chi connectivity index (χ0) is 14.1. The zero-order valence-electron chi connectivity index (χ0n) is 11.4. The van der Waals surface area contributed by atoms with E-state index in [9.17, 15) is 9.90 Å². The third-order valence-corrected chi connectivity index (χ3v) is 4.26. The van der Waals surface area contributed by atoms with E-state index in [1.807, 2.05) is 34.6 Å². The molecule has 1 atom stereocenters. The number of nitrogens with zero attached hydrogens (tertiary/aromatic N) is 3. The summed E-state index contributed by atoms with van der Waals surface area (Å²) in [4.78, 5) is 11.4. The lowest BCUT2D eigenvalue weighted by Crippen LogP contribution is -2.32. The normalized spacial score (nSPS) is 14.6. The van der Waals surface area contributed by atoms with E-state index in [1.165, 1.54) is 4.68 Å². The molecule has 1 aromatic rings. The van der Waals surface area contributed by atoms with Crippen LogP contribution in [0.5, 0.6) is 0 Å². The second-order valence-electron chi connectivity index (χ2n) is 6.21. The predicted molar refractivity (Wildman–Crippen MR) is 73.0 cm³/mol. The van der Waals surface area contributed by atoms with Crippen LogP contribution in [0.1, 0.15) is 46.4 Å². The minimum atomic E-state index is -0.893. The summed E-state index contributed by atoms with van der Waals surface area (Å²) in [7, 11) is 0. The third-order valence-electron chi connectivity index (χ3n) is 2.86. The first-order valence-electron chi connectivity index (χ1n) is 5.80. The molecule has 1 N–H and O–H groups in total. The molecule has 0 radical (unpaired) electrons. The first-order chi connectivity index (χ1) is 8.09. The van der Waals surface area contributed by atoms with Gasteiger partial charge >= 0.3 is 5.97 Å². The van der Waals surface area contributed by atoms with Crippen molar-refractivity contribution in [2.45, 2.75) is 46.1 Å². The van der Waals surface area contributed by atoms with E-state index in [-0.39, 0.29) is 5.41 Å².